The zero-order valence-electron chi connectivity index (χ0n) is 16.5. The van der Waals surface area contributed by atoms with E-state index in [1.54, 1.807) is 31.2 Å². The predicted octanol–water partition coefficient (Wildman–Crippen LogP) is 4.34. The fraction of sp³-hybridized carbons (Fsp3) is 0.333. The molecule has 6 nitrogen and oxygen atoms in total. The first-order valence-electron chi connectivity index (χ1n) is 9.13. The molecule has 1 amide bonds. The Morgan fingerprint density at radius 2 is 1.70 bits per heavy atom. The second-order valence-corrected chi connectivity index (χ2v) is 6.19. The van der Waals surface area contributed by atoms with Crippen molar-refractivity contribution in [1.29, 1.82) is 0 Å². The molecule has 0 fully saturated rings. The summed E-state index contributed by atoms with van der Waals surface area (Å²) in [7, 11) is 1.46. The first-order chi connectivity index (χ1) is 14.2. The minimum atomic E-state index is -4.57. The number of amides is 1. The SMILES string of the molecule is CCC(=O)c1ccc(OCC(=O)Nc2cc(C(F)(F)F)ccc2OCCOC)cc1. The molecule has 0 aliphatic carbocycles. The molecule has 0 spiro atoms. The first-order valence-corrected chi connectivity index (χ1v) is 9.13. The summed E-state index contributed by atoms with van der Waals surface area (Å²) in [5.74, 6) is -0.265. The van der Waals surface area contributed by atoms with Crippen LogP contribution in [0.15, 0.2) is 42.5 Å². The molecule has 0 bridgehead atoms. The summed E-state index contributed by atoms with van der Waals surface area (Å²) < 4.78 is 54.6. The fourth-order valence-corrected chi connectivity index (χ4v) is 2.44. The molecule has 0 aliphatic heterocycles. The number of hydrogen-bond donors (Lipinski definition) is 1. The summed E-state index contributed by atoms with van der Waals surface area (Å²) in [5, 5.41) is 2.38. The number of rotatable bonds is 10. The second kappa shape index (κ2) is 10.6. The van der Waals surface area contributed by atoms with Crippen LogP contribution in [-0.2, 0) is 15.7 Å². The van der Waals surface area contributed by atoms with Gasteiger partial charge in [0.05, 0.1) is 17.9 Å². The summed E-state index contributed by atoms with van der Waals surface area (Å²) >= 11 is 0. The maximum Gasteiger partial charge on any atom is 0.416 e. The number of hydrogen-bond acceptors (Lipinski definition) is 5. The molecular formula is C21H22F3NO5. The van der Waals surface area contributed by atoms with Crippen LogP contribution in [0.5, 0.6) is 11.5 Å². The van der Waals surface area contributed by atoms with Crippen LogP contribution < -0.4 is 14.8 Å². The number of ketones is 1. The third kappa shape index (κ3) is 6.77. The summed E-state index contributed by atoms with van der Waals surface area (Å²) in [4.78, 5) is 23.8. The molecule has 2 aromatic rings. The van der Waals surface area contributed by atoms with Crippen LogP contribution in [0.4, 0.5) is 18.9 Å². The highest BCUT2D eigenvalue weighted by Crippen LogP contribution is 2.35. The van der Waals surface area contributed by atoms with Crippen molar-refractivity contribution in [2.45, 2.75) is 19.5 Å². The van der Waals surface area contributed by atoms with Crippen molar-refractivity contribution in [3.63, 3.8) is 0 Å². The van der Waals surface area contributed by atoms with Crippen LogP contribution in [0.25, 0.3) is 0 Å². The maximum atomic E-state index is 13.0. The number of Topliss-reactive ketones (excluding diaryl/α,β-unsaturated/α-hetero) is 1. The number of carbonyl (C=O) groups excluding carboxylic acids is 2. The van der Waals surface area contributed by atoms with Crippen LogP contribution in [0.3, 0.4) is 0 Å². The van der Waals surface area contributed by atoms with Gasteiger partial charge in [0.15, 0.2) is 12.4 Å². The van der Waals surface area contributed by atoms with Gasteiger partial charge in [0.1, 0.15) is 18.1 Å². The predicted molar refractivity (Wildman–Crippen MR) is 104 cm³/mol. The van der Waals surface area contributed by atoms with E-state index in [-0.39, 0.29) is 30.4 Å². The van der Waals surface area contributed by atoms with E-state index in [9.17, 15) is 22.8 Å². The van der Waals surface area contributed by atoms with Gasteiger partial charge < -0.3 is 19.5 Å². The Kier molecular flexibility index (Phi) is 8.23. The topological polar surface area (TPSA) is 73.9 Å². The molecule has 9 heteroatoms. The van der Waals surface area contributed by atoms with Crippen molar-refractivity contribution in [3.8, 4) is 11.5 Å². The van der Waals surface area contributed by atoms with Crippen LogP contribution in [-0.4, -0.2) is 38.6 Å². The molecule has 0 atom stereocenters. The Hall–Kier alpha value is -3.07. The molecule has 0 radical (unpaired) electrons. The largest absolute Gasteiger partial charge is 0.489 e. The fourth-order valence-electron chi connectivity index (χ4n) is 2.44. The number of methoxy groups -OCH3 is 1. The van der Waals surface area contributed by atoms with Gasteiger partial charge in [0.25, 0.3) is 5.91 Å². The number of halogens is 3. The number of nitrogens with one attached hydrogen (secondary N) is 1. The lowest BCUT2D eigenvalue weighted by molar-refractivity contribution is -0.137. The first kappa shape index (κ1) is 23.2. The summed E-state index contributed by atoms with van der Waals surface area (Å²) in [5.41, 5.74) is -0.525. The van der Waals surface area contributed by atoms with Gasteiger partial charge >= 0.3 is 6.18 Å². The normalized spacial score (nSPS) is 11.1. The number of carbonyl (C=O) groups is 2. The zero-order chi connectivity index (χ0) is 22.1. The maximum absolute atomic E-state index is 13.0. The van der Waals surface area contributed by atoms with Gasteiger partial charge in [0, 0.05) is 19.1 Å². The Balaban J connectivity index is 2.05. The lowest BCUT2D eigenvalue weighted by Gasteiger charge is -2.15. The number of alkyl halides is 3. The van der Waals surface area contributed by atoms with E-state index >= 15 is 0 Å². The zero-order valence-corrected chi connectivity index (χ0v) is 16.5. The van der Waals surface area contributed by atoms with Gasteiger partial charge in [-0.05, 0) is 42.5 Å². The highest BCUT2D eigenvalue weighted by Gasteiger charge is 2.31. The molecule has 0 saturated carbocycles. The van der Waals surface area contributed by atoms with E-state index in [4.69, 9.17) is 14.2 Å². The highest BCUT2D eigenvalue weighted by atomic mass is 19.4. The molecule has 0 aromatic heterocycles. The van der Waals surface area contributed by atoms with Crippen LogP contribution in [0, 0.1) is 0 Å². The summed E-state index contributed by atoms with van der Waals surface area (Å²) in [6, 6.07) is 9.04. The molecule has 0 heterocycles. The van der Waals surface area contributed by atoms with E-state index < -0.39 is 24.3 Å². The smallest absolute Gasteiger partial charge is 0.416 e. The van der Waals surface area contributed by atoms with E-state index in [0.29, 0.717) is 17.7 Å². The molecule has 1 N–H and O–H groups in total. The quantitative estimate of drug-likeness (QED) is 0.453. The lowest BCUT2D eigenvalue weighted by Crippen LogP contribution is -2.21. The van der Waals surface area contributed by atoms with Crippen molar-refractivity contribution >= 4 is 17.4 Å². The minimum absolute atomic E-state index is 0.0233. The number of anilines is 1. The Morgan fingerprint density at radius 1 is 1.00 bits per heavy atom. The average molecular weight is 425 g/mol. The van der Waals surface area contributed by atoms with E-state index in [1.807, 2.05) is 0 Å². The molecule has 0 saturated heterocycles. The van der Waals surface area contributed by atoms with Crippen LogP contribution >= 0.6 is 0 Å². The van der Waals surface area contributed by atoms with Gasteiger partial charge in [-0.25, -0.2) is 0 Å². The van der Waals surface area contributed by atoms with Crippen molar-refractivity contribution in [2.75, 3.05) is 32.2 Å². The molecule has 0 aliphatic rings. The summed E-state index contributed by atoms with van der Waals surface area (Å²) in [6.07, 6.45) is -4.20. The summed E-state index contributed by atoms with van der Waals surface area (Å²) in [6.45, 7) is 1.64. The average Bonchev–Trinajstić information content (AvgIpc) is 2.72. The Morgan fingerprint density at radius 3 is 2.30 bits per heavy atom. The van der Waals surface area contributed by atoms with Gasteiger partial charge in [0.2, 0.25) is 0 Å². The van der Waals surface area contributed by atoms with Crippen LogP contribution in [0.2, 0.25) is 0 Å². The van der Waals surface area contributed by atoms with Gasteiger partial charge in [-0.2, -0.15) is 13.2 Å². The van der Waals surface area contributed by atoms with Gasteiger partial charge in [-0.15, -0.1) is 0 Å². The Bertz CT molecular complexity index is 866. The highest BCUT2D eigenvalue weighted by molar-refractivity contribution is 5.96. The minimum Gasteiger partial charge on any atom is -0.489 e. The number of ether oxygens (including phenoxy) is 3. The van der Waals surface area contributed by atoms with Crippen LogP contribution in [0.1, 0.15) is 29.3 Å². The third-order valence-electron chi connectivity index (χ3n) is 3.99. The molecule has 30 heavy (non-hydrogen) atoms. The van der Waals surface area contributed by atoms with Crippen molar-refractivity contribution < 1.29 is 37.0 Å². The monoisotopic (exact) mass is 425 g/mol. The molecule has 2 aromatic carbocycles. The standard InChI is InChI=1S/C21H22F3NO5/c1-3-18(26)14-4-7-16(8-5-14)30-13-20(27)25-17-12-15(21(22,23)24)6-9-19(17)29-11-10-28-2/h4-9,12H,3,10-11,13H2,1-2H3,(H,25,27). The van der Waals surface area contributed by atoms with Crippen molar-refractivity contribution in [1.82, 2.24) is 0 Å². The van der Waals surface area contributed by atoms with E-state index in [0.717, 1.165) is 18.2 Å². The Labute approximate surface area is 171 Å². The molecule has 162 valence electrons. The van der Waals surface area contributed by atoms with Gasteiger partial charge in [-0.3, -0.25) is 9.59 Å². The molecule has 2 rings (SSSR count). The van der Waals surface area contributed by atoms with Gasteiger partial charge in [-0.1, -0.05) is 6.92 Å². The molecule has 0 unspecified atom stereocenters. The van der Waals surface area contributed by atoms with E-state index in [1.165, 1.54) is 7.11 Å². The van der Waals surface area contributed by atoms with Crippen molar-refractivity contribution in [3.05, 3.63) is 53.6 Å². The van der Waals surface area contributed by atoms with Crippen molar-refractivity contribution in [2.24, 2.45) is 0 Å². The lowest BCUT2D eigenvalue weighted by atomic mass is 10.1. The third-order valence-corrected chi connectivity index (χ3v) is 3.99. The second-order valence-electron chi connectivity index (χ2n) is 6.19. The van der Waals surface area contributed by atoms with E-state index in [2.05, 4.69) is 5.32 Å². The number of benzene rings is 2. The molecular weight excluding hydrogens is 403 g/mol.